The zero-order valence-electron chi connectivity index (χ0n) is 18.0. The summed E-state index contributed by atoms with van der Waals surface area (Å²) < 4.78 is 0. The number of carboxylic acid groups (broad SMARTS) is 1. The van der Waals surface area contributed by atoms with Gasteiger partial charge in [-0.1, -0.05) is 78.0 Å². The maximum atomic E-state index is 11.6. The molecule has 0 heterocycles. The molecule has 1 atom stereocenters. The number of benzene rings is 4. The van der Waals surface area contributed by atoms with E-state index >= 15 is 0 Å². The van der Waals surface area contributed by atoms with E-state index in [1.807, 2.05) is 55.5 Å². The number of hydrogen-bond donors (Lipinski definition) is 1. The van der Waals surface area contributed by atoms with E-state index < -0.39 is 5.97 Å². The van der Waals surface area contributed by atoms with Crippen LogP contribution in [0.4, 0.5) is 0 Å². The Morgan fingerprint density at radius 1 is 1.00 bits per heavy atom. The maximum absolute atomic E-state index is 11.6. The molecule has 0 aliphatic carbocycles. The van der Waals surface area contributed by atoms with Gasteiger partial charge in [-0.2, -0.15) is 0 Å². The lowest BCUT2D eigenvalue weighted by Gasteiger charge is -2.16. The van der Waals surface area contributed by atoms with Crippen molar-refractivity contribution in [2.24, 2.45) is 0 Å². The van der Waals surface area contributed by atoms with E-state index in [1.165, 1.54) is 5.56 Å². The molecule has 0 spiro atoms. The van der Waals surface area contributed by atoms with Crippen LogP contribution in [0.1, 0.15) is 35.1 Å². The molecule has 0 aliphatic rings. The quantitative estimate of drug-likeness (QED) is 0.340. The molecule has 0 fully saturated rings. The van der Waals surface area contributed by atoms with Crippen LogP contribution in [0.15, 0.2) is 78.9 Å². The van der Waals surface area contributed by atoms with Crippen molar-refractivity contribution in [2.45, 2.75) is 26.2 Å². The second-order valence-corrected chi connectivity index (χ2v) is 8.40. The second kappa shape index (κ2) is 9.30. The summed E-state index contributed by atoms with van der Waals surface area (Å²) in [5, 5.41) is 12.2. The second-order valence-electron chi connectivity index (χ2n) is 7.96. The lowest BCUT2D eigenvalue weighted by Crippen LogP contribution is -2.05. The molecule has 3 heteroatoms. The summed E-state index contributed by atoms with van der Waals surface area (Å²) in [5.41, 5.74) is 5.74. The monoisotopic (exact) mass is 438 g/mol. The van der Waals surface area contributed by atoms with Crippen LogP contribution in [0, 0.1) is 18.8 Å². The first-order chi connectivity index (χ1) is 15.4. The minimum absolute atomic E-state index is 0.0410. The van der Waals surface area contributed by atoms with Gasteiger partial charge in [-0.15, -0.1) is 0 Å². The Hall–Kier alpha value is -3.54. The highest BCUT2D eigenvalue weighted by atomic mass is 35.5. The first kappa shape index (κ1) is 21.7. The highest BCUT2D eigenvalue weighted by Gasteiger charge is 2.16. The highest BCUT2D eigenvalue weighted by Crippen LogP contribution is 2.36. The van der Waals surface area contributed by atoms with Crippen molar-refractivity contribution in [3.05, 3.63) is 106 Å². The summed E-state index contributed by atoms with van der Waals surface area (Å²) in [4.78, 5) is 11.6. The fourth-order valence-corrected chi connectivity index (χ4v) is 4.12. The van der Waals surface area contributed by atoms with E-state index in [-0.39, 0.29) is 12.3 Å². The molecular formula is C29H23ClO2. The molecule has 0 saturated heterocycles. The van der Waals surface area contributed by atoms with Crippen molar-refractivity contribution in [1.82, 2.24) is 0 Å². The van der Waals surface area contributed by atoms with Gasteiger partial charge in [0.1, 0.15) is 0 Å². The summed E-state index contributed by atoms with van der Waals surface area (Å²) >= 11 is 6.11. The molecular weight excluding hydrogens is 416 g/mol. The van der Waals surface area contributed by atoms with Gasteiger partial charge in [0.25, 0.3) is 0 Å². The Balaban J connectivity index is 1.87. The highest BCUT2D eigenvalue weighted by molar-refractivity contribution is 6.30. The van der Waals surface area contributed by atoms with Gasteiger partial charge in [0.2, 0.25) is 0 Å². The van der Waals surface area contributed by atoms with E-state index in [2.05, 4.69) is 49.1 Å². The maximum Gasteiger partial charge on any atom is 0.307 e. The molecule has 1 N–H and O–H groups in total. The van der Waals surface area contributed by atoms with Crippen LogP contribution in [-0.4, -0.2) is 11.1 Å². The van der Waals surface area contributed by atoms with Crippen molar-refractivity contribution in [2.75, 3.05) is 0 Å². The number of carbonyl (C=O) groups is 1. The fraction of sp³-hybridized carbons (Fsp3) is 0.138. The number of fused-ring (bicyclic) bond motifs is 1. The Bertz CT molecular complexity index is 1340. The predicted octanol–water partition coefficient (Wildman–Crippen LogP) is 7.25. The van der Waals surface area contributed by atoms with Crippen molar-refractivity contribution in [1.29, 1.82) is 0 Å². The zero-order valence-corrected chi connectivity index (χ0v) is 18.8. The summed E-state index contributed by atoms with van der Waals surface area (Å²) in [5.74, 6) is 5.92. The van der Waals surface area contributed by atoms with E-state index in [1.54, 1.807) is 0 Å². The van der Waals surface area contributed by atoms with Gasteiger partial charge in [-0.3, -0.25) is 4.79 Å². The minimum atomic E-state index is -0.852. The molecule has 158 valence electrons. The number of hydrogen-bond acceptors (Lipinski definition) is 1. The third kappa shape index (κ3) is 4.69. The summed E-state index contributed by atoms with van der Waals surface area (Å²) in [7, 11) is 0. The topological polar surface area (TPSA) is 37.3 Å². The minimum Gasteiger partial charge on any atom is -0.481 e. The van der Waals surface area contributed by atoms with Gasteiger partial charge < -0.3 is 5.11 Å². The lowest BCUT2D eigenvalue weighted by molar-refractivity contribution is -0.136. The molecule has 4 rings (SSSR count). The first-order valence-electron chi connectivity index (χ1n) is 10.5. The Kier molecular flexibility index (Phi) is 6.30. The molecule has 2 nitrogen and oxygen atoms in total. The van der Waals surface area contributed by atoms with Gasteiger partial charge >= 0.3 is 5.97 Å². The van der Waals surface area contributed by atoms with Crippen LogP contribution in [0.25, 0.3) is 21.9 Å². The largest absolute Gasteiger partial charge is 0.481 e. The van der Waals surface area contributed by atoms with Crippen LogP contribution >= 0.6 is 11.6 Å². The Morgan fingerprint density at radius 3 is 2.41 bits per heavy atom. The molecule has 32 heavy (non-hydrogen) atoms. The molecule has 0 amide bonds. The van der Waals surface area contributed by atoms with Crippen molar-refractivity contribution in [3.63, 3.8) is 0 Å². The van der Waals surface area contributed by atoms with Gasteiger partial charge in [0, 0.05) is 16.5 Å². The summed E-state index contributed by atoms with van der Waals surface area (Å²) in [6, 6.07) is 26.0. The normalized spacial score (nSPS) is 11.6. The lowest BCUT2D eigenvalue weighted by atomic mass is 9.88. The van der Waals surface area contributed by atoms with Crippen molar-refractivity contribution < 1.29 is 9.90 Å². The van der Waals surface area contributed by atoms with Crippen LogP contribution in [-0.2, 0) is 11.2 Å². The van der Waals surface area contributed by atoms with Gasteiger partial charge in [-0.25, -0.2) is 0 Å². The molecule has 0 saturated carbocycles. The third-order valence-electron chi connectivity index (χ3n) is 5.67. The first-order valence-corrected chi connectivity index (χ1v) is 10.9. The van der Waals surface area contributed by atoms with Gasteiger partial charge in [0.05, 0.1) is 6.42 Å². The van der Waals surface area contributed by atoms with Crippen LogP contribution in [0.3, 0.4) is 0 Å². The van der Waals surface area contributed by atoms with E-state index in [4.69, 9.17) is 11.6 Å². The SMILES string of the molecule is Cc1cc2ccc(C#CC(C)c3ccccc3)cc2c(-c2ccc(Cl)cc2)c1CC(=O)O. The van der Waals surface area contributed by atoms with Crippen molar-refractivity contribution in [3.8, 4) is 23.0 Å². The average Bonchev–Trinajstić information content (AvgIpc) is 2.79. The van der Waals surface area contributed by atoms with Crippen LogP contribution in [0.5, 0.6) is 0 Å². The van der Waals surface area contributed by atoms with E-state index in [9.17, 15) is 9.90 Å². The number of aliphatic carboxylic acids is 1. The predicted molar refractivity (Wildman–Crippen MR) is 132 cm³/mol. The molecule has 0 aromatic heterocycles. The number of aryl methyl sites for hydroxylation is 1. The zero-order chi connectivity index (χ0) is 22.7. The standard InChI is InChI=1S/C29H23ClO2/c1-19(22-6-4-3-5-7-22)8-9-21-10-11-24-16-20(2)26(18-28(31)32)29(27(24)17-21)23-12-14-25(30)15-13-23/h3-7,10-17,19H,18H2,1-2H3,(H,31,32). The van der Waals surface area contributed by atoms with Gasteiger partial charge in [-0.05, 0) is 76.7 Å². The Morgan fingerprint density at radius 2 is 1.72 bits per heavy atom. The van der Waals surface area contributed by atoms with E-state index in [0.717, 1.165) is 38.6 Å². The average molecular weight is 439 g/mol. The molecule has 0 radical (unpaired) electrons. The molecule has 4 aromatic carbocycles. The molecule has 0 bridgehead atoms. The van der Waals surface area contributed by atoms with Crippen molar-refractivity contribution >= 4 is 28.3 Å². The van der Waals surface area contributed by atoms with E-state index in [0.29, 0.717) is 5.02 Å². The van der Waals surface area contributed by atoms with Crippen LogP contribution < -0.4 is 0 Å². The van der Waals surface area contributed by atoms with Crippen LogP contribution in [0.2, 0.25) is 5.02 Å². The number of halogens is 1. The third-order valence-corrected chi connectivity index (χ3v) is 5.92. The molecule has 0 aliphatic heterocycles. The summed E-state index contributed by atoms with van der Waals surface area (Å²) in [6.45, 7) is 4.06. The molecule has 1 unspecified atom stereocenters. The fourth-order valence-electron chi connectivity index (χ4n) is 4.00. The summed E-state index contributed by atoms with van der Waals surface area (Å²) in [6.07, 6.45) is -0.0410. The number of carboxylic acids is 1. The number of rotatable bonds is 4. The molecule has 4 aromatic rings. The smallest absolute Gasteiger partial charge is 0.307 e. The van der Waals surface area contributed by atoms with Gasteiger partial charge in [0.15, 0.2) is 0 Å². The Labute approximate surface area is 193 Å².